The van der Waals surface area contributed by atoms with Gasteiger partial charge in [-0.25, -0.2) is 0 Å². The molecule has 0 fully saturated rings. The molecular formula is C18H32BO4. The van der Waals surface area contributed by atoms with Gasteiger partial charge in [-0.15, -0.1) is 0 Å². The minimum Gasteiger partial charge on any atom is -0.490 e. The van der Waals surface area contributed by atoms with E-state index in [4.69, 9.17) is 19.5 Å². The van der Waals surface area contributed by atoms with E-state index in [1.165, 1.54) is 38.5 Å². The van der Waals surface area contributed by atoms with Crippen LogP contribution in [0.2, 0.25) is 0 Å². The Labute approximate surface area is 142 Å². The largest absolute Gasteiger partial charge is 0.490 e. The molecular weight excluding hydrogens is 291 g/mol. The number of benzene rings is 1. The highest BCUT2D eigenvalue weighted by Crippen LogP contribution is 2.26. The molecule has 2 N–H and O–H groups in total. The number of rotatable bonds is 12. The van der Waals surface area contributed by atoms with Crippen LogP contribution >= 0.6 is 0 Å². The van der Waals surface area contributed by atoms with Gasteiger partial charge in [-0.1, -0.05) is 64.5 Å². The second-order valence-corrected chi connectivity index (χ2v) is 5.38. The smallest absolute Gasteiger partial charge is 0.482 e. The molecule has 0 atom stereocenters. The molecule has 0 unspecified atom stereocenters. The molecule has 0 saturated carbocycles. The van der Waals surface area contributed by atoms with Gasteiger partial charge < -0.3 is 19.5 Å². The van der Waals surface area contributed by atoms with Crippen LogP contribution in [-0.4, -0.2) is 30.9 Å². The molecule has 1 aromatic carbocycles. The average Bonchev–Trinajstić information content (AvgIpc) is 2.56. The lowest BCUT2D eigenvalue weighted by molar-refractivity contribution is 0.259. The van der Waals surface area contributed by atoms with Crippen molar-refractivity contribution < 1.29 is 19.5 Å². The monoisotopic (exact) mass is 323 g/mol. The lowest BCUT2D eigenvalue weighted by Gasteiger charge is -2.12. The zero-order valence-corrected chi connectivity index (χ0v) is 14.7. The summed E-state index contributed by atoms with van der Waals surface area (Å²) in [7, 11) is 0. The summed E-state index contributed by atoms with van der Waals surface area (Å²) in [6.07, 6.45) is 9.84. The fourth-order valence-corrected chi connectivity index (χ4v) is 2.11. The van der Waals surface area contributed by atoms with Gasteiger partial charge in [-0.05, 0) is 25.0 Å². The lowest BCUT2D eigenvalue weighted by Crippen LogP contribution is -2.02. The second kappa shape index (κ2) is 17.2. The quantitative estimate of drug-likeness (QED) is 0.449. The number of hydrogen-bond donors (Lipinski definition) is 2. The van der Waals surface area contributed by atoms with E-state index in [0.717, 1.165) is 37.6 Å². The molecule has 0 amide bonds. The fraction of sp³-hybridized carbons (Fsp3) is 0.667. The van der Waals surface area contributed by atoms with Gasteiger partial charge in [0.2, 0.25) is 0 Å². The highest BCUT2D eigenvalue weighted by molar-refractivity contribution is 6.13. The Morgan fingerprint density at radius 1 is 0.739 bits per heavy atom. The maximum absolute atomic E-state index is 7.00. The van der Waals surface area contributed by atoms with Crippen molar-refractivity contribution in [2.45, 2.75) is 65.2 Å². The predicted octanol–water partition coefficient (Wildman–Crippen LogP) is 4.11. The van der Waals surface area contributed by atoms with Crippen LogP contribution in [0.15, 0.2) is 24.3 Å². The van der Waals surface area contributed by atoms with E-state index in [9.17, 15) is 0 Å². The van der Waals surface area contributed by atoms with Crippen molar-refractivity contribution in [1.82, 2.24) is 0 Å². The zero-order valence-electron chi connectivity index (χ0n) is 14.7. The molecule has 0 aliphatic rings. The third-order valence-corrected chi connectivity index (χ3v) is 3.36. The van der Waals surface area contributed by atoms with Crippen LogP contribution in [0.4, 0.5) is 0 Å². The highest BCUT2D eigenvalue weighted by Gasteiger charge is 2.03. The van der Waals surface area contributed by atoms with Crippen LogP contribution in [0.1, 0.15) is 65.2 Å². The lowest BCUT2D eigenvalue weighted by atomic mass is 10.2. The summed E-state index contributed by atoms with van der Waals surface area (Å²) in [5.41, 5.74) is 0. The Morgan fingerprint density at radius 2 is 1.13 bits per heavy atom. The molecule has 0 bridgehead atoms. The van der Waals surface area contributed by atoms with Gasteiger partial charge >= 0.3 is 7.69 Å². The molecule has 0 heterocycles. The Bertz CT molecular complexity index is 328. The van der Waals surface area contributed by atoms with E-state index < -0.39 is 0 Å². The molecule has 0 aliphatic heterocycles. The van der Waals surface area contributed by atoms with Crippen LogP contribution in [0, 0.1) is 0 Å². The highest BCUT2D eigenvalue weighted by atomic mass is 16.5. The molecule has 1 rings (SSSR count). The van der Waals surface area contributed by atoms with Crippen molar-refractivity contribution in [2.24, 2.45) is 0 Å². The predicted molar refractivity (Wildman–Crippen MR) is 95.9 cm³/mol. The van der Waals surface area contributed by atoms with Crippen molar-refractivity contribution in [3.63, 3.8) is 0 Å². The second-order valence-electron chi connectivity index (χ2n) is 5.38. The third-order valence-electron chi connectivity index (χ3n) is 3.36. The minimum atomic E-state index is 0. The molecule has 5 heteroatoms. The number of ether oxygens (including phenoxy) is 2. The summed E-state index contributed by atoms with van der Waals surface area (Å²) in [5, 5.41) is 14.0. The third kappa shape index (κ3) is 13.0. The van der Waals surface area contributed by atoms with Crippen molar-refractivity contribution in [3.05, 3.63) is 24.3 Å². The Balaban J connectivity index is 0.00000149. The van der Waals surface area contributed by atoms with E-state index in [0.29, 0.717) is 0 Å². The van der Waals surface area contributed by atoms with Crippen molar-refractivity contribution in [1.29, 1.82) is 0 Å². The van der Waals surface area contributed by atoms with E-state index in [2.05, 4.69) is 13.8 Å². The number of unbranched alkanes of at least 4 members (excludes halogenated alkanes) is 6. The summed E-state index contributed by atoms with van der Waals surface area (Å²) in [4.78, 5) is 0. The summed E-state index contributed by atoms with van der Waals surface area (Å²) in [5.74, 6) is 1.78. The summed E-state index contributed by atoms with van der Waals surface area (Å²) in [6, 6.07) is 8.01. The standard InChI is InChI=1S/C18H30O2.BH2O2/c1-3-5-7-11-15-19-17-13-9-10-14-18(17)20-16-12-8-6-4-2;2-1-3/h9-10,13-14H,3-8,11-12,15-16H2,1-2H3;2-3H. The first-order valence-electron chi connectivity index (χ1n) is 8.74. The first kappa shape index (κ1) is 21.8. The van der Waals surface area contributed by atoms with Crippen LogP contribution in [0.3, 0.4) is 0 Å². The molecule has 0 spiro atoms. The maximum Gasteiger partial charge on any atom is 0.482 e. The normalized spacial score (nSPS) is 9.74. The van der Waals surface area contributed by atoms with E-state index >= 15 is 0 Å². The van der Waals surface area contributed by atoms with Gasteiger partial charge in [0.15, 0.2) is 11.5 Å². The first-order chi connectivity index (χ1) is 11.3. The van der Waals surface area contributed by atoms with Crippen molar-refractivity contribution in [2.75, 3.05) is 13.2 Å². The van der Waals surface area contributed by atoms with Gasteiger partial charge in [0, 0.05) is 0 Å². The van der Waals surface area contributed by atoms with Crippen molar-refractivity contribution in [3.8, 4) is 11.5 Å². The first-order valence-corrected chi connectivity index (χ1v) is 8.74. The summed E-state index contributed by atoms with van der Waals surface area (Å²) in [6.45, 7) is 6.03. The molecule has 0 aliphatic carbocycles. The Morgan fingerprint density at radius 3 is 1.48 bits per heavy atom. The maximum atomic E-state index is 7.00. The SMILES string of the molecule is CCCCCCOc1ccccc1OCCCCCC.O[B]O. The fourth-order valence-electron chi connectivity index (χ4n) is 2.11. The topological polar surface area (TPSA) is 58.9 Å². The van der Waals surface area contributed by atoms with Gasteiger partial charge in [0.1, 0.15) is 0 Å². The molecule has 1 aromatic rings. The molecule has 1 radical (unpaired) electrons. The van der Waals surface area contributed by atoms with E-state index in [1.54, 1.807) is 0 Å². The van der Waals surface area contributed by atoms with Crippen LogP contribution in [0.25, 0.3) is 0 Å². The van der Waals surface area contributed by atoms with Gasteiger partial charge in [0.25, 0.3) is 0 Å². The van der Waals surface area contributed by atoms with Gasteiger partial charge in [-0.2, -0.15) is 0 Å². The number of hydrogen-bond acceptors (Lipinski definition) is 4. The molecule has 131 valence electrons. The van der Waals surface area contributed by atoms with E-state index in [-0.39, 0.29) is 7.69 Å². The van der Waals surface area contributed by atoms with Crippen LogP contribution in [-0.2, 0) is 0 Å². The van der Waals surface area contributed by atoms with E-state index in [1.807, 2.05) is 24.3 Å². The molecule has 23 heavy (non-hydrogen) atoms. The summed E-state index contributed by atoms with van der Waals surface area (Å²) >= 11 is 0. The van der Waals surface area contributed by atoms with Crippen molar-refractivity contribution >= 4 is 7.69 Å². The number of para-hydroxylation sites is 2. The molecule has 0 saturated heterocycles. The van der Waals surface area contributed by atoms with Crippen LogP contribution < -0.4 is 9.47 Å². The molecule has 4 nitrogen and oxygen atoms in total. The van der Waals surface area contributed by atoms with Crippen LogP contribution in [0.5, 0.6) is 11.5 Å². The molecule has 0 aromatic heterocycles. The summed E-state index contributed by atoms with van der Waals surface area (Å²) < 4.78 is 11.7. The van der Waals surface area contributed by atoms with Gasteiger partial charge in [-0.3, -0.25) is 0 Å². The minimum absolute atomic E-state index is 0. The average molecular weight is 323 g/mol. The Kier molecular flexibility index (Phi) is 16.3. The van der Waals surface area contributed by atoms with Gasteiger partial charge in [0.05, 0.1) is 13.2 Å². The zero-order chi connectivity index (χ0) is 17.2. The Hall–Kier alpha value is -1.20.